The molecule has 4 heteroatoms. The van der Waals surface area contributed by atoms with Crippen molar-refractivity contribution in [1.82, 2.24) is 15.5 Å². The molecule has 2 rings (SSSR count). The highest BCUT2D eigenvalue weighted by molar-refractivity contribution is 7.14. The van der Waals surface area contributed by atoms with E-state index in [0.717, 1.165) is 29.4 Å². The molecule has 0 spiro atoms. The molecule has 1 N–H and O–H groups in total. The number of aryl methyl sites for hydroxylation is 1. The number of nitrogens with zero attached hydrogens (tertiary/aromatic N) is 2. The third-order valence-corrected chi connectivity index (χ3v) is 4.27. The first-order valence-corrected chi connectivity index (χ1v) is 7.91. The number of rotatable bonds is 5. The van der Waals surface area contributed by atoms with Gasteiger partial charge in [-0.2, -0.15) is 0 Å². The number of aromatic nitrogens is 2. The number of hydrogen-bond donors (Lipinski definition) is 1. The van der Waals surface area contributed by atoms with Crippen molar-refractivity contribution in [3.05, 3.63) is 34.8 Å². The van der Waals surface area contributed by atoms with E-state index in [9.17, 15) is 0 Å². The third kappa shape index (κ3) is 3.64. The summed E-state index contributed by atoms with van der Waals surface area (Å²) in [6, 6.07) is 8.52. The molecule has 0 saturated heterocycles. The molecule has 0 aliphatic carbocycles. The topological polar surface area (TPSA) is 37.8 Å². The summed E-state index contributed by atoms with van der Waals surface area (Å²) in [7, 11) is 1.98. The summed E-state index contributed by atoms with van der Waals surface area (Å²) in [4.78, 5) is 0. The maximum atomic E-state index is 4.39. The molecule has 0 bridgehead atoms. The highest BCUT2D eigenvalue weighted by atomic mass is 32.1. The van der Waals surface area contributed by atoms with E-state index in [1.165, 1.54) is 11.1 Å². The monoisotopic (exact) mass is 289 g/mol. The standard InChI is InChI=1S/C16H23N3S/c1-16(2,3)13-9-6-5-8-12(13)15-19-18-14(20-15)10-7-11-17-4/h5-6,8-9,17H,7,10-11H2,1-4H3. The molecule has 20 heavy (non-hydrogen) atoms. The van der Waals surface area contributed by atoms with Crippen molar-refractivity contribution in [2.45, 2.75) is 39.0 Å². The van der Waals surface area contributed by atoms with Gasteiger partial charge < -0.3 is 5.32 Å². The van der Waals surface area contributed by atoms with E-state index in [1.54, 1.807) is 11.3 Å². The van der Waals surface area contributed by atoms with Crippen LogP contribution in [0.2, 0.25) is 0 Å². The highest BCUT2D eigenvalue weighted by Gasteiger charge is 2.20. The molecule has 0 radical (unpaired) electrons. The van der Waals surface area contributed by atoms with Crippen LogP contribution in [-0.2, 0) is 11.8 Å². The van der Waals surface area contributed by atoms with Crippen molar-refractivity contribution in [2.24, 2.45) is 0 Å². The zero-order valence-corrected chi connectivity index (χ0v) is 13.5. The Balaban J connectivity index is 2.24. The first-order valence-electron chi connectivity index (χ1n) is 7.09. The van der Waals surface area contributed by atoms with Gasteiger partial charge in [0, 0.05) is 12.0 Å². The van der Waals surface area contributed by atoms with Crippen molar-refractivity contribution in [3.63, 3.8) is 0 Å². The van der Waals surface area contributed by atoms with E-state index in [1.807, 2.05) is 7.05 Å². The quantitative estimate of drug-likeness (QED) is 0.854. The van der Waals surface area contributed by atoms with Crippen LogP contribution in [0.4, 0.5) is 0 Å². The summed E-state index contributed by atoms with van der Waals surface area (Å²) in [5.41, 5.74) is 2.67. The van der Waals surface area contributed by atoms with E-state index >= 15 is 0 Å². The first-order chi connectivity index (χ1) is 9.52. The second kappa shape index (κ2) is 6.46. The zero-order valence-electron chi connectivity index (χ0n) is 12.7. The summed E-state index contributed by atoms with van der Waals surface area (Å²) < 4.78 is 0. The molecule has 0 aliphatic rings. The Labute approximate surface area is 125 Å². The van der Waals surface area contributed by atoms with Gasteiger partial charge in [0.05, 0.1) is 0 Å². The average molecular weight is 289 g/mol. The van der Waals surface area contributed by atoms with Gasteiger partial charge in [-0.05, 0) is 31.0 Å². The minimum Gasteiger partial charge on any atom is -0.320 e. The molecule has 0 saturated carbocycles. The molecule has 1 aromatic carbocycles. The van der Waals surface area contributed by atoms with Gasteiger partial charge in [0.15, 0.2) is 0 Å². The normalized spacial score (nSPS) is 11.8. The van der Waals surface area contributed by atoms with E-state index in [2.05, 4.69) is 60.6 Å². The van der Waals surface area contributed by atoms with E-state index in [0.29, 0.717) is 0 Å². The largest absolute Gasteiger partial charge is 0.320 e. The summed E-state index contributed by atoms with van der Waals surface area (Å²) in [5.74, 6) is 0. The fourth-order valence-corrected chi connectivity index (χ4v) is 3.12. The van der Waals surface area contributed by atoms with Gasteiger partial charge in [0.1, 0.15) is 10.0 Å². The summed E-state index contributed by atoms with van der Waals surface area (Å²) in [5, 5.41) is 14.0. The molecular weight excluding hydrogens is 266 g/mol. The summed E-state index contributed by atoms with van der Waals surface area (Å²) in [6.07, 6.45) is 2.10. The van der Waals surface area contributed by atoms with Crippen LogP contribution >= 0.6 is 11.3 Å². The Bertz CT molecular complexity index is 555. The van der Waals surface area contributed by atoms with Crippen molar-refractivity contribution >= 4 is 11.3 Å². The maximum Gasteiger partial charge on any atom is 0.148 e. The van der Waals surface area contributed by atoms with E-state index in [-0.39, 0.29) is 5.41 Å². The predicted octanol–water partition coefficient (Wildman–Crippen LogP) is 3.65. The van der Waals surface area contributed by atoms with Crippen molar-refractivity contribution in [1.29, 1.82) is 0 Å². The second-order valence-corrected chi connectivity index (χ2v) is 7.07. The van der Waals surface area contributed by atoms with Crippen LogP contribution in [0.5, 0.6) is 0 Å². The lowest BCUT2D eigenvalue weighted by Gasteiger charge is -2.21. The van der Waals surface area contributed by atoms with Crippen molar-refractivity contribution in [3.8, 4) is 10.6 Å². The Hall–Kier alpha value is -1.26. The van der Waals surface area contributed by atoms with Gasteiger partial charge in [0.2, 0.25) is 0 Å². The van der Waals surface area contributed by atoms with Crippen LogP contribution in [0.25, 0.3) is 10.6 Å². The minimum absolute atomic E-state index is 0.120. The van der Waals surface area contributed by atoms with Crippen LogP contribution in [0.15, 0.2) is 24.3 Å². The number of hydrogen-bond acceptors (Lipinski definition) is 4. The first kappa shape index (κ1) is 15.1. The van der Waals surface area contributed by atoms with Crippen LogP contribution in [0, 0.1) is 0 Å². The molecule has 1 heterocycles. The van der Waals surface area contributed by atoms with Crippen molar-refractivity contribution in [2.75, 3.05) is 13.6 Å². The van der Waals surface area contributed by atoms with Crippen LogP contribution in [0.1, 0.15) is 37.8 Å². The second-order valence-electron chi connectivity index (χ2n) is 6.00. The molecule has 0 aliphatic heterocycles. The molecule has 0 atom stereocenters. The SMILES string of the molecule is CNCCCc1nnc(-c2ccccc2C(C)(C)C)s1. The fourth-order valence-electron chi connectivity index (χ4n) is 2.20. The fraction of sp³-hybridized carbons (Fsp3) is 0.500. The molecule has 3 nitrogen and oxygen atoms in total. The maximum absolute atomic E-state index is 4.39. The molecule has 0 amide bonds. The lowest BCUT2D eigenvalue weighted by Crippen LogP contribution is -2.12. The molecule has 2 aromatic rings. The zero-order chi connectivity index (χ0) is 14.6. The Morgan fingerprint density at radius 3 is 2.60 bits per heavy atom. The summed E-state index contributed by atoms with van der Waals surface area (Å²) in [6.45, 7) is 7.73. The van der Waals surface area contributed by atoms with E-state index in [4.69, 9.17) is 0 Å². The van der Waals surface area contributed by atoms with Gasteiger partial charge in [-0.15, -0.1) is 10.2 Å². The Morgan fingerprint density at radius 1 is 1.15 bits per heavy atom. The number of benzene rings is 1. The van der Waals surface area contributed by atoms with Gasteiger partial charge >= 0.3 is 0 Å². The minimum atomic E-state index is 0.120. The predicted molar refractivity (Wildman–Crippen MR) is 86.3 cm³/mol. The average Bonchev–Trinajstić information content (AvgIpc) is 2.87. The molecule has 0 fully saturated rings. The van der Waals surface area contributed by atoms with Crippen LogP contribution < -0.4 is 5.32 Å². The smallest absolute Gasteiger partial charge is 0.148 e. The van der Waals surface area contributed by atoms with Gasteiger partial charge in [0.25, 0.3) is 0 Å². The number of nitrogens with one attached hydrogen (secondary N) is 1. The Morgan fingerprint density at radius 2 is 1.90 bits per heavy atom. The van der Waals surface area contributed by atoms with Crippen LogP contribution in [-0.4, -0.2) is 23.8 Å². The highest BCUT2D eigenvalue weighted by Crippen LogP contribution is 2.34. The third-order valence-electron chi connectivity index (χ3n) is 3.25. The Kier molecular flexibility index (Phi) is 4.89. The van der Waals surface area contributed by atoms with Gasteiger partial charge in [-0.1, -0.05) is 56.4 Å². The summed E-state index contributed by atoms with van der Waals surface area (Å²) >= 11 is 1.72. The van der Waals surface area contributed by atoms with Crippen LogP contribution in [0.3, 0.4) is 0 Å². The van der Waals surface area contributed by atoms with Gasteiger partial charge in [-0.3, -0.25) is 0 Å². The lowest BCUT2D eigenvalue weighted by atomic mass is 9.84. The van der Waals surface area contributed by atoms with Gasteiger partial charge in [-0.25, -0.2) is 0 Å². The molecule has 1 aromatic heterocycles. The molecular formula is C16H23N3S. The molecule has 0 unspecified atom stereocenters. The van der Waals surface area contributed by atoms with Crippen molar-refractivity contribution < 1.29 is 0 Å². The lowest BCUT2D eigenvalue weighted by molar-refractivity contribution is 0.592. The molecule has 108 valence electrons. The van der Waals surface area contributed by atoms with E-state index < -0.39 is 0 Å².